The molecule has 2 aromatic rings. The molecule has 0 radical (unpaired) electrons. The third-order valence-corrected chi connectivity index (χ3v) is 7.09. The van der Waals surface area contributed by atoms with Crippen LogP contribution in [0.1, 0.15) is 50.2 Å². The number of likely N-dealkylation sites (N-methyl/N-ethyl adjacent to an activating group) is 1. The standard InChI is InChI=1S/C29H43N3O4/c1-22-12-5-7-15-26(22)36-27-16-8-6-14-25(27)29(34,17-9-10-19-35-4)24-13-11-18-32(21-24)28(33)31-23(2)20-30-3/h5-8,12,14-16,23-24,30,34H,9-11,13,17-21H2,1-4H3,(H,31,33)/t23?,24-,29+/m1/s1. The molecule has 3 rings (SSSR count). The fourth-order valence-electron chi connectivity index (χ4n) is 5.11. The van der Waals surface area contributed by atoms with Crippen molar-refractivity contribution in [3.63, 3.8) is 0 Å². The van der Waals surface area contributed by atoms with Crippen molar-refractivity contribution in [1.29, 1.82) is 0 Å². The average molecular weight is 498 g/mol. The van der Waals surface area contributed by atoms with Crippen molar-refractivity contribution in [2.24, 2.45) is 5.92 Å². The van der Waals surface area contributed by atoms with Crippen LogP contribution in [0.4, 0.5) is 4.79 Å². The summed E-state index contributed by atoms with van der Waals surface area (Å²) in [6, 6.07) is 15.6. The monoisotopic (exact) mass is 497 g/mol. The number of aryl methyl sites for hydroxylation is 1. The Labute approximate surface area is 216 Å². The lowest BCUT2D eigenvalue weighted by Crippen LogP contribution is -2.53. The lowest BCUT2D eigenvalue weighted by molar-refractivity contribution is -0.0574. The number of piperidine rings is 1. The smallest absolute Gasteiger partial charge is 0.317 e. The van der Waals surface area contributed by atoms with Crippen molar-refractivity contribution >= 4 is 6.03 Å². The molecule has 0 aliphatic carbocycles. The van der Waals surface area contributed by atoms with Gasteiger partial charge in [-0.3, -0.25) is 0 Å². The van der Waals surface area contributed by atoms with Crippen molar-refractivity contribution in [1.82, 2.24) is 15.5 Å². The summed E-state index contributed by atoms with van der Waals surface area (Å²) in [5, 5.41) is 18.6. The Bertz CT molecular complexity index is 969. The number of nitrogens with one attached hydrogen (secondary N) is 2. The minimum absolute atomic E-state index is 0.0269. The first-order chi connectivity index (χ1) is 17.4. The molecule has 1 unspecified atom stereocenters. The number of carbonyl (C=O) groups is 1. The highest BCUT2D eigenvalue weighted by Gasteiger charge is 2.43. The predicted octanol–water partition coefficient (Wildman–Crippen LogP) is 4.82. The largest absolute Gasteiger partial charge is 0.457 e. The van der Waals surface area contributed by atoms with Gasteiger partial charge in [0.15, 0.2) is 0 Å². The number of carbonyl (C=O) groups excluding carboxylic acids is 1. The second-order valence-corrected chi connectivity index (χ2v) is 9.93. The minimum Gasteiger partial charge on any atom is -0.457 e. The number of unbranched alkanes of at least 4 members (excludes halogenated alkanes) is 1. The van der Waals surface area contributed by atoms with Crippen molar-refractivity contribution in [2.45, 2.75) is 57.6 Å². The molecule has 3 N–H and O–H groups in total. The summed E-state index contributed by atoms with van der Waals surface area (Å²) in [4.78, 5) is 14.9. The van der Waals surface area contributed by atoms with E-state index in [4.69, 9.17) is 9.47 Å². The van der Waals surface area contributed by atoms with Crippen LogP contribution >= 0.6 is 0 Å². The summed E-state index contributed by atoms with van der Waals surface area (Å²) in [6.07, 6.45) is 3.93. The zero-order chi connectivity index (χ0) is 26.0. The molecule has 7 nitrogen and oxygen atoms in total. The van der Waals surface area contributed by atoms with Gasteiger partial charge in [0.2, 0.25) is 0 Å². The van der Waals surface area contributed by atoms with Crippen molar-refractivity contribution in [2.75, 3.05) is 40.4 Å². The summed E-state index contributed by atoms with van der Waals surface area (Å²) in [5.74, 6) is 1.32. The van der Waals surface area contributed by atoms with Crippen LogP contribution in [0, 0.1) is 12.8 Å². The Morgan fingerprint density at radius 2 is 1.89 bits per heavy atom. The lowest BCUT2D eigenvalue weighted by Gasteiger charge is -2.43. The van der Waals surface area contributed by atoms with Crippen LogP contribution in [0.2, 0.25) is 0 Å². The van der Waals surface area contributed by atoms with Crippen LogP contribution in [0.5, 0.6) is 11.5 Å². The van der Waals surface area contributed by atoms with Crippen LogP contribution in [-0.2, 0) is 10.3 Å². The van der Waals surface area contributed by atoms with E-state index < -0.39 is 5.60 Å². The van der Waals surface area contributed by atoms with Gasteiger partial charge >= 0.3 is 6.03 Å². The Hall–Kier alpha value is -2.61. The van der Waals surface area contributed by atoms with Crippen molar-refractivity contribution in [3.05, 3.63) is 59.7 Å². The fraction of sp³-hybridized carbons (Fsp3) is 0.552. The Kier molecular flexibility index (Phi) is 10.6. The molecule has 0 bridgehead atoms. The SMILES string of the molecule is CNCC(C)NC(=O)N1CCC[C@@H]([C@@](O)(CCCCOC)c2ccccc2Oc2ccccc2C)C1. The highest BCUT2D eigenvalue weighted by atomic mass is 16.5. The summed E-state index contributed by atoms with van der Waals surface area (Å²) >= 11 is 0. The first-order valence-corrected chi connectivity index (χ1v) is 13.1. The molecule has 2 amide bonds. The topological polar surface area (TPSA) is 83.1 Å². The zero-order valence-electron chi connectivity index (χ0n) is 22.3. The fourth-order valence-corrected chi connectivity index (χ4v) is 5.11. The second kappa shape index (κ2) is 13.6. The van der Waals surface area contributed by atoms with Crippen molar-refractivity contribution in [3.8, 4) is 11.5 Å². The molecule has 7 heteroatoms. The molecular formula is C29H43N3O4. The number of para-hydroxylation sites is 2. The van der Waals surface area contributed by atoms with E-state index in [2.05, 4.69) is 10.6 Å². The molecule has 0 saturated carbocycles. The maximum absolute atomic E-state index is 13.0. The van der Waals surface area contributed by atoms with Gasteiger partial charge in [-0.2, -0.15) is 0 Å². The Morgan fingerprint density at radius 3 is 2.61 bits per heavy atom. The van der Waals surface area contributed by atoms with E-state index in [0.717, 1.165) is 42.6 Å². The number of likely N-dealkylation sites (tertiary alicyclic amines) is 1. The van der Waals surface area contributed by atoms with E-state index in [0.29, 0.717) is 38.4 Å². The number of rotatable bonds is 12. The zero-order valence-corrected chi connectivity index (χ0v) is 22.3. The van der Waals surface area contributed by atoms with Crippen LogP contribution in [-0.4, -0.2) is 62.5 Å². The second-order valence-electron chi connectivity index (χ2n) is 9.93. The summed E-state index contributed by atoms with van der Waals surface area (Å²) < 4.78 is 11.6. The van der Waals surface area contributed by atoms with E-state index in [-0.39, 0.29) is 18.0 Å². The van der Waals surface area contributed by atoms with E-state index in [1.54, 1.807) is 7.11 Å². The highest BCUT2D eigenvalue weighted by molar-refractivity contribution is 5.74. The molecule has 198 valence electrons. The molecule has 1 fully saturated rings. The van der Waals surface area contributed by atoms with Gasteiger partial charge in [0, 0.05) is 50.9 Å². The predicted molar refractivity (Wildman–Crippen MR) is 144 cm³/mol. The molecule has 1 aliphatic rings. The van der Waals surface area contributed by atoms with E-state index >= 15 is 0 Å². The first-order valence-electron chi connectivity index (χ1n) is 13.1. The number of hydrogen-bond donors (Lipinski definition) is 3. The summed E-state index contributed by atoms with van der Waals surface area (Å²) in [6.45, 7) is 6.55. The molecule has 36 heavy (non-hydrogen) atoms. The number of hydrogen-bond acceptors (Lipinski definition) is 5. The van der Waals surface area contributed by atoms with E-state index in [9.17, 15) is 9.90 Å². The van der Waals surface area contributed by atoms with Gasteiger partial charge in [-0.25, -0.2) is 4.79 Å². The van der Waals surface area contributed by atoms with Gasteiger partial charge in [0.25, 0.3) is 0 Å². The normalized spacial score (nSPS) is 18.4. The van der Waals surface area contributed by atoms with Crippen LogP contribution < -0.4 is 15.4 Å². The molecule has 0 aromatic heterocycles. The quantitative estimate of drug-likeness (QED) is 0.366. The molecule has 0 spiro atoms. The molecule has 2 aromatic carbocycles. The van der Waals surface area contributed by atoms with Crippen LogP contribution in [0.25, 0.3) is 0 Å². The minimum atomic E-state index is -1.14. The molecular weight excluding hydrogens is 454 g/mol. The number of methoxy groups -OCH3 is 1. The Morgan fingerprint density at radius 1 is 1.17 bits per heavy atom. The van der Waals surface area contributed by atoms with Gasteiger partial charge in [-0.1, -0.05) is 36.4 Å². The van der Waals surface area contributed by atoms with Crippen LogP contribution in [0.15, 0.2) is 48.5 Å². The molecule has 3 atom stereocenters. The molecule has 1 aliphatic heterocycles. The number of nitrogens with zero attached hydrogens (tertiary/aromatic N) is 1. The molecule has 1 heterocycles. The number of ether oxygens (including phenoxy) is 2. The molecule has 1 saturated heterocycles. The van der Waals surface area contributed by atoms with E-state index in [1.165, 1.54) is 0 Å². The van der Waals surface area contributed by atoms with Gasteiger partial charge in [0.05, 0.1) is 5.60 Å². The van der Waals surface area contributed by atoms with Crippen molar-refractivity contribution < 1.29 is 19.4 Å². The van der Waals surface area contributed by atoms with Gasteiger partial charge in [-0.05, 0) is 70.7 Å². The maximum atomic E-state index is 13.0. The van der Waals surface area contributed by atoms with Gasteiger partial charge in [-0.15, -0.1) is 0 Å². The maximum Gasteiger partial charge on any atom is 0.317 e. The third kappa shape index (κ3) is 7.21. The van der Waals surface area contributed by atoms with Gasteiger partial charge < -0.3 is 30.1 Å². The number of benzene rings is 2. The summed E-state index contributed by atoms with van der Waals surface area (Å²) in [5.41, 5.74) is 0.677. The van der Waals surface area contributed by atoms with Crippen LogP contribution in [0.3, 0.4) is 0 Å². The Balaban J connectivity index is 1.89. The average Bonchev–Trinajstić information content (AvgIpc) is 2.88. The lowest BCUT2D eigenvalue weighted by atomic mass is 9.73. The number of aliphatic hydroxyl groups is 1. The highest BCUT2D eigenvalue weighted by Crippen LogP contribution is 2.44. The summed E-state index contributed by atoms with van der Waals surface area (Å²) in [7, 11) is 3.57. The number of urea groups is 1. The van der Waals surface area contributed by atoms with Gasteiger partial charge in [0.1, 0.15) is 11.5 Å². The third-order valence-electron chi connectivity index (χ3n) is 7.09. The number of amides is 2. The van der Waals surface area contributed by atoms with E-state index in [1.807, 2.05) is 74.3 Å². The first kappa shape index (κ1) is 28.0.